The molecule has 120 valence electrons. The molecule has 2 heterocycles. The van der Waals surface area contributed by atoms with E-state index in [0.29, 0.717) is 6.42 Å². The minimum absolute atomic E-state index is 0.462. The molecule has 1 aromatic carbocycles. The van der Waals surface area contributed by atoms with Gasteiger partial charge in [0.05, 0.1) is 11.8 Å². The topological polar surface area (TPSA) is 53.7 Å². The van der Waals surface area contributed by atoms with Crippen molar-refractivity contribution in [2.24, 2.45) is 0 Å². The lowest BCUT2D eigenvalue weighted by Gasteiger charge is -2.22. The van der Waals surface area contributed by atoms with Crippen molar-refractivity contribution in [1.82, 2.24) is 14.6 Å². The van der Waals surface area contributed by atoms with Crippen molar-refractivity contribution >= 4 is 11.5 Å². The summed E-state index contributed by atoms with van der Waals surface area (Å²) in [5.41, 5.74) is 3.71. The van der Waals surface area contributed by atoms with E-state index >= 15 is 0 Å². The number of rotatable bonds is 5. The van der Waals surface area contributed by atoms with Crippen LogP contribution in [0.3, 0.4) is 0 Å². The molecular formula is C18H22N4O. The summed E-state index contributed by atoms with van der Waals surface area (Å²) >= 11 is 0. The zero-order valence-electron chi connectivity index (χ0n) is 13.8. The number of anilines is 1. The third kappa shape index (κ3) is 3.35. The van der Waals surface area contributed by atoms with Gasteiger partial charge in [-0.1, -0.05) is 30.3 Å². The first-order chi connectivity index (χ1) is 11.0. The van der Waals surface area contributed by atoms with Crippen LogP contribution in [0, 0.1) is 13.8 Å². The lowest BCUT2D eigenvalue weighted by atomic mass is 10.1. The van der Waals surface area contributed by atoms with Crippen LogP contribution in [-0.2, 0) is 0 Å². The predicted octanol–water partition coefficient (Wildman–Crippen LogP) is 2.91. The van der Waals surface area contributed by atoms with Crippen LogP contribution < -0.4 is 4.90 Å². The quantitative estimate of drug-likeness (QED) is 0.787. The molecule has 0 saturated carbocycles. The Balaban J connectivity index is 1.77. The molecule has 0 aliphatic carbocycles. The average Bonchev–Trinajstić information content (AvgIpc) is 2.92. The third-order valence-electron chi connectivity index (χ3n) is 3.97. The minimum Gasteiger partial charge on any atom is -0.388 e. The molecular weight excluding hydrogens is 288 g/mol. The zero-order chi connectivity index (χ0) is 16.4. The summed E-state index contributed by atoms with van der Waals surface area (Å²) in [5, 5.41) is 14.8. The molecule has 3 aromatic rings. The van der Waals surface area contributed by atoms with E-state index in [9.17, 15) is 5.11 Å². The van der Waals surface area contributed by atoms with Gasteiger partial charge in [0.1, 0.15) is 5.82 Å². The van der Waals surface area contributed by atoms with E-state index in [1.165, 1.54) is 0 Å². The van der Waals surface area contributed by atoms with Crippen molar-refractivity contribution in [2.75, 3.05) is 18.5 Å². The molecule has 0 spiro atoms. The summed E-state index contributed by atoms with van der Waals surface area (Å²) in [6, 6.07) is 13.8. The summed E-state index contributed by atoms with van der Waals surface area (Å²) in [6.45, 7) is 4.68. The van der Waals surface area contributed by atoms with Crippen LogP contribution in [0.15, 0.2) is 42.5 Å². The average molecular weight is 310 g/mol. The van der Waals surface area contributed by atoms with Gasteiger partial charge >= 0.3 is 0 Å². The van der Waals surface area contributed by atoms with Crippen LogP contribution in [-0.4, -0.2) is 33.3 Å². The minimum atomic E-state index is -0.462. The number of aliphatic hydroxyl groups is 1. The van der Waals surface area contributed by atoms with Crippen LogP contribution in [0.4, 0.5) is 5.82 Å². The molecule has 1 atom stereocenters. The molecule has 5 nitrogen and oxygen atoms in total. The van der Waals surface area contributed by atoms with E-state index in [-0.39, 0.29) is 0 Å². The molecule has 0 bridgehead atoms. The maximum atomic E-state index is 10.3. The molecule has 0 fully saturated rings. The van der Waals surface area contributed by atoms with E-state index in [1.807, 2.05) is 67.9 Å². The van der Waals surface area contributed by atoms with E-state index in [0.717, 1.165) is 35.0 Å². The first kappa shape index (κ1) is 15.5. The molecule has 0 amide bonds. The number of fused-ring (bicyclic) bond motifs is 1. The van der Waals surface area contributed by atoms with Gasteiger partial charge in [-0.2, -0.15) is 9.61 Å². The van der Waals surface area contributed by atoms with Crippen molar-refractivity contribution < 1.29 is 5.11 Å². The summed E-state index contributed by atoms with van der Waals surface area (Å²) in [7, 11) is 2.02. The van der Waals surface area contributed by atoms with Crippen LogP contribution in [0.2, 0.25) is 0 Å². The van der Waals surface area contributed by atoms with Gasteiger partial charge < -0.3 is 10.0 Å². The molecule has 5 heteroatoms. The first-order valence-corrected chi connectivity index (χ1v) is 7.83. The molecule has 0 radical (unpaired) electrons. The normalized spacial score (nSPS) is 12.5. The Bertz CT molecular complexity index is 797. The summed E-state index contributed by atoms with van der Waals surface area (Å²) in [4.78, 5) is 6.62. The van der Waals surface area contributed by atoms with Gasteiger partial charge in [0.15, 0.2) is 5.65 Å². The fraction of sp³-hybridized carbons (Fsp3) is 0.333. The summed E-state index contributed by atoms with van der Waals surface area (Å²) < 4.78 is 1.86. The fourth-order valence-electron chi connectivity index (χ4n) is 2.74. The second-order valence-corrected chi connectivity index (χ2v) is 5.95. The molecule has 0 unspecified atom stereocenters. The molecule has 0 saturated heterocycles. The highest BCUT2D eigenvalue weighted by atomic mass is 16.3. The van der Waals surface area contributed by atoms with Gasteiger partial charge in [-0.3, -0.25) is 0 Å². The second kappa shape index (κ2) is 6.38. The van der Waals surface area contributed by atoms with Crippen molar-refractivity contribution in [1.29, 1.82) is 0 Å². The van der Waals surface area contributed by atoms with Gasteiger partial charge in [0.2, 0.25) is 0 Å². The Morgan fingerprint density at radius 1 is 1.13 bits per heavy atom. The van der Waals surface area contributed by atoms with Crippen molar-refractivity contribution in [3.05, 3.63) is 59.4 Å². The molecule has 3 rings (SSSR count). The SMILES string of the molecule is Cc1cc(N(C)CC[C@@H](O)c2ccccc2)n2nc(C)cc2n1. The van der Waals surface area contributed by atoms with Gasteiger partial charge in [0, 0.05) is 31.4 Å². The number of hydrogen-bond donors (Lipinski definition) is 1. The molecule has 0 aliphatic heterocycles. The number of benzene rings is 1. The summed E-state index contributed by atoms with van der Waals surface area (Å²) in [6.07, 6.45) is 0.195. The molecule has 0 aliphatic rings. The smallest absolute Gasteiger partial charge is 0.157 e. The lowest BCUT2D eigenvalue weighted by molar-refractivity contribution is 0.169. The van der Waals surface area contributed by atoms with E-state index in [1.54, 1.807) is 0 Å². The van der Waals surface area contributed by atoms with E-state index < -0.39 is 6.10 Å². The molecule has 1 N–H and O–H groups in total. The number of aliphatic hydroxyl groups excluding tert-OH is 1. The standard InChI is InChI=1S/C18H22N4O/c1-13-12-18(22-17(19-13)11-14(2)20-22)21(3)10-9-16(23)15-7-5-4-6-8-15/h4-8,11-12,16,23H,9-10H2,1-3H3/t16-/m1/s1. The van der Waals surface area contributed by atoms with Gasteiger partial charge in [-0.15, -0.1) is 0 Å². The Kier molecular flexibility index (Phi) is 4.30. The Hall–Kier alpha value is -2.40. The fourth-order valence-corrected chi connectivity index (χ4v) is 2.74. The largest absolute Gasteiger partial charge is 0.388 e. The predicted molar refractivity (Wildman–Crippen MR) is 91.7 cm³/mol. The van der Waals surface area contributed by atoms with Gasteiger partial charge in [-0.05, 0) is 25.8 Å². The van der Waals surface area contributed by atoms with Crippen molar-refractivity contribution in [3.8, 4) is 0 Å². The maximum absolute atomic E-state index is 10.3. The second-order valence-electron chi connectivity index (χ2n) is 5.95. The third-order valence-corrected chi connectivity index (χ3v) is 3.97. The number of nitrogens with zero attached hydrogens (tertiary/aromatic N) is 4. The molecule has 2 aromatic heterocycles. The number of aryl methyl sites for hydroxylation is 2. The summed E-state index contributed by atoms with van der Waals surface area (Å²) in [5.74, 6) is 0.987. The number of hydrogen-bond acceptors (Lipinski definition) is 4. The van der Waals surface area contributed by atoms with Gasteiger partial charge in [0.25, 0.3) is 0 Å². The first-order valence-electron chi connectivity index (χ1n) is 7.83. The highest BCUT2D eigenvalue weighted by molar-refractivity contribution is 5.51. The highest BCUT2D eigenvalue weighted by Crippen LogP contribution is 2.20. The van der Waals surface area contributed by atoms with Gasteiger partial charge in [-0.25, -0.2) is 4.98 Å². The Morgan fingerprint density at radius 3 is 2.61 bits per heavy atom. The van der Waals surface area contributed by atoms with Crippen molar-refractivity contribution in [3.63, 3.8) is 0 Å². The zero-order valence-corrected chi connectivity index (χ0v) is 13.8. The highest BCUT2D eigenvalue weighted by Gasteiger charge is 2.13. The Labute approximate surface area is 136 Å². The van der Waals surface area contributed by atoms with E-state index in [2.05, 4.69) is 15.0 Å². The van der Waals surface area contributed by atoms with Crippen LogP contribution in [0.25, 0.3) is 5.65 Å². The van der Waals surface area contributed by atoms with Crippen molar-refractivity contribution in [2.45, 2.75) is 26.4 Å². The monoisotopic (exact) mass is 310 g/mol. The lowest BCUT2D eigenvalue weighted by Crippen LogP contribution is -2.23. The van der Waals surface area contributed by atoms with Crippen LogP contribution >= 0.6 is 0 Å². The van der Waals surface area contributed by atoms with Crippen LogP contribution in [0.5, 0.6) is 0 Å². The Morgan fingerprint density at radius 2 is 1.87 bits per heavy atom. The molecule has 23 heavy (non-hydrogen) atoms. The van der Waals surface area contributed by atoms with E-state index in [4.69, 9.17) is 0 Å². The maximum Gasteiger partial charge on any atom is 0.157 e. The number of aromatic nitrogens is 3. The van der Waals surface area contributed by atoms with Crippen LogP contribution in [0.1, 0.15) is 29.5 Å².